The Morgan fingerprint density at radius 3 is 2.69 bits per heavy atom. The molecule has 1 saturated carbocycles. The van der Waals surface area contributed by atoms with Crippen LogP contribution in [0, 0.1) is 16.7 Å². The Morgan fingerprint density at radius 2 is 2.03 bits per heavy atom. The highest BCUT2D eigenvalue weighted by atomic mass is 16.1. The molecule has 1 aromatic heterocycles. The number of amides is 1. The number of pyridine rings is 1. The van der Waals surface area contributed by atoms with Gasteiger partial charge in [0.2, 0.25) is 0 Å². The van der Waals surface area contributed by atoms with Crippen LogP contribution in [0.3, 0.4) is 0 Å². The lowest BCUT2D eigenvalue weighted by molar-refractivity contribution is 0.100. The molecular formula is C20H24N8O. The number of nitrogen functional groups attached to an aromatic ring is 1. The van der Waals surface area contributed by atoms with Gasteiger partial charge < -0.3 is 33.2 Å². The second-order valence-electron chi connectivity index (χ2n) is 7.07. The van der Waals surface area contributed by atoms with Gasteiger partial charge in [-0.1, -0.05) is 12.8 Å². The first-order valence-corrected chi connectivity index (χ1v) is 9.37. The molecule has 0 radical (unpaired) electrons. The number of benzene rings is 1. The third kappa shape index (κ3) is 4.44. The van der Waals surface area contributed by atoms with Gasteiger partial charge in [0, 0.05) is 35.2 Å². The SMILES string of the molecule is N#Cc1cc(C(N)=O)c(Nc2ccc(N)c(C=N)c2)nc1NC1CCCCC1N. The summed E-state index contributed by atoms with van der Waals surface area (Å²) in [5.41, 5.74) is 19.4. The van der Waals surface area contributed by atoms with E-state index < -0.39 is 5.91 Å². The van der Waals surface area contributed by atoms with Crippen LogP contribution in [0.15, 0.2) is 24.3 Å². The predicted molar refractivity (Wildman–Crippen MR) is 113 cm³/mol. The van der Waals surface area contributed by atoms with E-state index in [9.17, 15) is 10.1 Å². The molecule has 0 spiro atoms. The van der Waals surface area contributed by atoms with Crippen LogP contribution >= 0.6 is 0 Å². The number of aromatic nitrogens is 1. The summed E-state index contributed by atoms with van der Waals surface area (Å²) in [6.45, 7) is 0. The Bertz CT molecular complexity index is 981. The fraction of sp³-hybridized carbons (Fsp3) is 0.300. The molecular weight excluding hydrogens is 368 g/mol. The highest BCUT2D eigenvalue weighted by molar-refractivity contribution is 5.99. The van der Waals surface area contributed by atoms with E-state index in [-0.39, 0.29) is 29.0 Å². The number of primary amides is 1. The van der Waals surface area contributed by atoms with Crippen LogP contribution in [-0.4, -0.2) is 29.2 Å². The zero-order valence-corrected chi connectivity index (χ0v) is 15.9. The molecule has 150 valence electrons. The molecule has 0 bridgehead atoms. The Morgan fingerprint density at radius 1 is 1.28 bits per heavy atom. The van der Waals surface area contributed by atoms with E-state index >= 15 is 0 Å². The number of carbonyl (C=O) groups excluding carboxylic acids is 1. The van der Waals surface area contributed by atoms with Crippen LogP contribution in [0.5, 0.6) is 0 Å². The molecule has 0 aliphatic heterocycles. The van der Waals surface area contributed by atoms with Crippen molar-refractivity contribution in [2.24, 2.45) is 11.5 Å². The molecule has 1 aliphatic carbocycles. The highest BCUT2D eigenvalue weighted by Gasteiger charge is 2.24. The van der Waals surface area contributed by atoms with Gasteiger partial charge in [-0.15, -0.1) is 0 Å². The van der Waals surface area contributed by atoms with Crippen LogP contribution in [0.2, 0.25) is 0 Å². The van der Waals surface area contributed by atoms with Gasteiger partial charge >= 0.3 is 0 Å². The van der Waals surface area contributed by atoms with Crippen LogP contribution in [0.1, 0.15) is 47.2 Å². The molecule has 29 heavy (non-hydrogen) atoms. The predicted octanol–water partition coefficient (Wildman–Crippen LogP) is 2.06. The zero-order chi connectivity index (χ0) is 21.0. The van der Waals surface area contributed by atoms with Crippen molar-refractivity contribution in [3.8, 4) is 6.07 Å². The molecule has 9 nitrogen and oxygen atoms in total. The number of hydrogen-bond donors (Lipinski definition) is 6. The zero-order valence-electron chi connectivity index (χ0n) is 15.9. The van der Waals surface area contributed by atoms with Crippen LogP contribution in [-0.2, 0) is 0 Å². The lowest BCUT2D eigenvalue weighted by atomic mass is 9.91. The maximum absolute atomic E-state index is 11.9. The van der Waals surface area contributed by atoms with Gasteiger partial charge in [-0.25, -0.2) is 4.98 Å². The van der Waals surface area contributed by atoms with E-state index in [1.165, 1.54) is 6.07 Å². The average molecular weight is 392 g/mol. The summed E-state index contributed by atoms with van der Waals surface area (Å²) < 4.78 is 0. The van der Waals surface area contributed by atoms with Crippen LogP contribution in [0.4, 0.5) is 23.0 Å². The van der Waals surface area contributed by atoms with Crippen molar-refractivity contribution >= 4 is 35.1 Å². The van der Waals surface area contributed by atoms with Crippen molar-refractivity contribution in [2.45, 2.75) is 37.8 Å². The molecule has 1 amide bonds. The summed E-state index contributed by atoms with van der Waals surface area (Å²) in [7, 11) is 0. The quantitative estimate of drug-likeness (QED) is 0.321. The summed E-state index contributed by atoms with van der Waals surface area (Å²) in [5.74, 6) is -0.144. The first-order valence-electron chi connectivity index (χ1n) is 9.37. The summed E-state index contributed by atoms with van der Waals surface area (Å²) in [6, 6.07) is 8.47. The van der Waals surface area contributed by atoms with Crippen molar-refractivity contribution in [3.63, 3.8) is 0 Å². The van der Waals surface area contributed by atoms with Gasteiger partial charge in [-0.3, -0.25) is 4.79 Å². The van der Waals surface area contributed by atoms with E-state index in [2.05, 4.69) is 21.7 Å². The normalized spacial score (nSPS) is 18.5. The van der Waals surface area contributed by atoms with Crippen LogP contribution in [0.25, 0.3) is 0 Å². The first kappa shape index (κ1) is 20.1. The van der Waals surface area contributed by atoms with Crippen molar-refractivity contribution < 1.29 is 4.79 Å². The Labute approximate surface area is 168 Å². The topological polar surface area (TPSA) is 180 Å². The molecule has 1 aliphatic rings. The largest absolute Gasteiger partial charge is 0.398 e. The van der Waals surface area contributed by atoms with E-state index in [1.807, 2.05) is 0 Å². The summed E-state index contributed by atoms with van der Waals surface area (Å²) in [6.07, 6.45) is 5.06. The van der Waals surface area contributed by atoms with E-state index in [4.69, 9.17) is 22.6 Å². The third-order valence-electron chi connectivity index (χ3n) is 5.05. The number of anilines is 4. The summed E-state index contributed by atoms with van der Waals surface area (Å²) in [4.78, 5) is 16.4. The molecule has 1 heterocycles. The third-order valence-corrected chi connectivity index (χ3v) is 5.05. The van der Waals surface area contributed by atoms with Gasteiger partial charge in [-0.2, -0.15) is 5.26 Å². The minimum Gasteiger partial charge on any atom is -0.398 e. The molecule has 2 unspecified atom stereocenters. The average Bonchev–Trinajstić information content (AvgIpc) is 2.71. The number of nitriles is 1. The molecule has 2 aromatic rings. The first-order chi connectivity index (χ1) is 13.9. The van der Waals surface area contributed by atoms with Crippen molar-refractivity contribution in [1.82, 2.24) is 4.98 Å². The minimum absolute atomic E-state index is 0.00308. The molecule has 2 atom stereocenters. The fourth-order valence-corrected chi connectivity index (χ4v) is 3.42. The van der Waals surface area contributed by atoms with Gasteiger partial charge in [0.25, 0.3) is 5.91 Å². The number of hydrogen-bond acceptors (Lipinski definition) is 8. The molecule has 3 rings (SSSR count). The minimum atomic E-state index is -0.708. The molecule has 1 aromatic carbocycles. The van der Waals surface area contributed by atoms with Gasteiger partial charge in [0.1, 0.15) is 17.7 Å². The fourth-order valence-electron chi connectivity index (χ4n) is 3.42. The highest BCUT2D eigenvalue weighted by Crippen LogP contribution is 2.28. The maximum atomic E-state index is 11.9. The lowest BCUT2D eigenvalue weighted by Crippen LogP contribution is -2.43. The second kappa shape index (κ2) is 8.58. The van der Waals surface area contributed by atoms with E-state index in [0.29, 0.717) is 22.8 Å². The smallest absolute Gasteiger partial charge is 0.252 e. The molecule has 9 heteroatoms. The van der Waals surface area contributed by atoms with Crippen molar-refractivity contribution in [2.75, 3.05) is 16.4 Å². The Hall–Kier alpha value is -3.64. The van der Waals surface area contributed by atoms with Crippen molar-refractivity contribution in [1.29, 1.82) is 10.7 Å². The summed E-state index contributed by atoms with van der Waals surface area (Å²) in [5, 5.41) is 23.3. The monoisotopic (exact) mass is 392 g/mol. The number of carbonyl (C=O) groups is 1. The Balaban J connectivity index is 1.99. The maximum Gasteiger partial charge on any atom is 0.252 e. The van der Waals surface area contributed by atoms with Gasteiger partial charge in [0.05, 0.1) is 11.1 Å². The number of nitrogens with two attached hydrogens (primary N) is 3. The number of nitrogens with zero attached hydrogens (tertiary/aromatic N) is 2. The Kier molecular flexibility index (Phi) is 5.95. The lowest BCUT2D eigenvalue weighted by Gasteiger charge is -2.30. The second-order valence-corrected chi connectivity index (χ2v) is 7.07. The number of nitrogens with one attached hydrogen (secondary N) is 3. The summed E-state index contributed by atoms with van der Waals surface area (Å²) >= 11 is 0. The van der Waals surface area contributed by atoms with Gasteiger partial charge in [-0.05, 0) is 37.1 Å². The number of rotatable bonds is 6. The van der Waals surface area contributed by atoms with E-state index in [1.54, 1.807) is 18.2 Å². The van der Waals surface area contributed by atoms with Gasteiger partial charge in [0.15, 0.2) is 0 Å². The van der Waals surface area contributed by atoms with Crippen LogP contribution < -0.4 is 27.8 Å². The van der Waals surface area contributed by atoms with Crippen molar-refractivity contribution in [3.05, 3.63) is 41.0 Å². The van der Waals surface area contributed by atoms with E-state index in [0.717, 1.165) is 31.9 Å². The standard InChI is InChI=1S/C20H24N8O/c21-9-11-7-13(5-6-15(11)23)26-20-14(18(25)29)8-12(10-22)19(28-20)27-17-4-2-1-3-16(17)24/h5-9,16-17,21H,1-4,23-24H2,(H2,25,29)(H2,26,27,28). The molecule has 0 saturated heterocycles. The molecule has 9 N–H and O–H groups in total. The molecule has 1 fully saturated rings.